The number of carbonyl (C=O) groups is 1. The molecule has 1 amide bonds. The van der Waals surface area contributed by atoms with Gasteiger partial charge in [0.1, 0.15) is 16.6 Å². The number of rotatable bonds is 3. The largest absolute Gasteiger partial charge is 0.508 e. The van der Waals surface area contributed by atoms with Gasteiger partial charge in [-0.3, -0.25) is 4.79 Å². The van der Waals surface area contributed by atoms with Gasteiger partial charge in [0.05, 0.1) is 10.0 Å². The van der Waals surface area contributed by atoms with Gasteiger partial charge in [-0.05, 0) is 24.3 Å². The molecule has 0 unspecified atom stereocenters. The summed E-state index contributed by atoms with van der Waals surface area (Å²) in [6.07, 6.45) is 0. The normalized spacial score (nSPS) is 10.7. The topological polar surface area (TPSA) is 93.2 Å². The van der Waals surface area contributed by atoms with Gasteiger partial charge in [0, 0.05) is 23.5 Å². The number of hydrogen-bond acceptors (Lipinski definition) is 4. The van der Waals surface area contributed by atoms with E-state index in [1.54, 1.807) is 12.1 Å². The lowest BCUT2D eigenvalue weighted by atomic mass is 10.3. The lowest BCUT2D eigenvalue weighted by molar-refractivity contribution is 0.102. The summed E-state index contributed by atoms with van der Waals surface area (Å²) in [5.41, 5.74) is 6.86. The van der Waals surface area contributed by atoms with E-state index in [-0.39, 0.29) is 26.6 Å². The molecule has 0 atom stereocenters. The molecule has 1 aromatic heterocycles. The van der Waals surface area contributed by atoms with Crippen molar-refractivity contribution in [2.45, 2.75) is 0 Å². The van der Waals surface area contributed by atoms with Crippen molar-refractivity contribution in [2.24, 2.45) is 0 Å². The van der Waals surface area contributed by atoms with E-state index in [9.17, 15) is 9.90 Å². The summed E-state index contributed by atoms with van der Waals surface area (Å²) in [6.45, 7) is 0. The monoisotopic (exact) mass is 396 g/mol. The molecule has 25 heavy (non-hydrogen) atoms. The number of phenolic OH excluding ortho intramolecular Hbond substituents is 1. The lowest BCUT2D eigenvalue weighted by Gasteiger charge is -2.09. The van der Waals surface area contributed by atoms with E-state index >= 15 is 0 Å². The second-order valence-corrected chi connectivity index (χ2v) is 6.30. The summed E-state index contributed by atoms with van der Waals surface area (Å²) < 4.78 is 1.25. The number of anilines is 2. The highest BCUT2D eigenvalue weighted by Gasteiger charge is 2.18. The molecule has 4 N–H and O–H groups in total. The number of benzene rings is 2. The molecule has 2 aromatic carbocycles. The third kappa shape index (κ3) is 3.66. The van der Waals surface area contributed by atoms with Crippen LogP contribution in [-0.2, 0) is 0 Å². The van der Waals surface area contributed by atoms with Crippen LogP contribution in [0, 0.1) is 0 Å². The fourth-order valence-corrected chi connectivity index (χ4v) is 3.08. The molecule has 1 heterocycles. The number of hydrogen-bond donors (Lipinski definition) is 3. The molecular formula is C16H11Cl3N4O2. The highest BCUT2D eigenvalue weighted by molar-refractivity contribution is 6.38. The van der Waals surface area contributed by atoms with Crippen LogP contribution in [0.1, 0.15) is 10.5 Å². The maximum absolute atomic E-state index is 12.3. The Balaban J connectivity index is 1.94. The quantitative estimate of drug-likeness (QED) is 0.572. The van der Waals surface area contributed by atoms with E-state index in [1.807, 2.05) is 0 Å². The molecule has 0 aliphatic rings. The molecule has 0 radical (unpaired) electrons. The van der Waals surface area contributed by atoms with Gasteiger partial charge in [-0.2, -0.15) is 5.10 Å². The Morgan fingerprint density at radius 2 is 1.80 bits per heavy atom. The molecule has 0 bridgehead atoms. The van der Waals surface area contributed by atoms with Crippen molar-refractivity contribution in [3.63, 3.8) is 0 Å². The van der Waals surface area contributed by atoms with Crippen LogP contribution in [0.5, 0.6) is 5.75 Å². The van der Waals surface area contributed by atoms with E-state index in [1.165, 1.54) is 35.0 Å². The van der Waals surface area contributed by atoms with E-state index in [0.717, 1.165) is 0 Å². The van der Waals surface area contributed by atoms with E-state index < -0.39 is 5.91 Å². The first-order chi connectivity index (χ1) is 11.8. The highest BCUT2D eigenvalue weighted by atomic mass is 35.5. The van der Waals surface area contributed by atoms with Crippen LogP contribution in [0.25, 0.3) is 5.69 Å². The molecule has 0 aliphatic heterocycles. The predicted molar refractivity (Wildman–Crippen MR) is 99.1 cm³/mol. The maximum atomic E-state index is 12.3. The molecule has 0 fully saturated rings. The van der Waals surface area contributed by atoms with E-state index in [4.69, 9.17) is 40.5 Å². The van der Waals surface area contributed by atoms with Crippen molar-refractivity contribution >= 4 is 52.1 Å². The van der Waals surface area contributed by atoms with E-state index in [2.05, 4.69) is 10.4 Å². The van der Waals surface area contributed by atoms with Crippen molar-refractivity contribution in [3.8, 4) is 11.4 Å². The number of nitrogens with two attached hydrogens (primary N) is 1. The molecule has 0 aliphatic carbocycles. The van der Waals surface area contributed by atoms with Crippen LogP contribution < -0.4 is 11.1 Å². The zero-order chi connectivity index (χ0) is 18.1. The van der Waals surface area contributed by atoms with Crippen LogP contribution in [-0.4, -0.2) is 20.8 Å². The van der Waals surface area contributed by atoms with Gasteiger partial charge in [-0.15, -0.1) is 0 Å². The van der Waals surface area contributed by atoms with Crippen LogP contribution in [0.4, 0.5) is 11.4 Å². The fraction of sp³-hybridized carbons (Fsp3) is 0. The molecule has 0 spiro atoms. The summed E-state index contributed by atoms with van der Waals surface area (Å²) in [4.78, 5) is 12.3. The molecule has 128 valence electrons. The number of carbonyl (C=O) groups excluding carboxylic acids is 1. The first-order valence-electron chi connectivity index (χ1n) is 6.96. The lowest BCUT2D eigenvalue weighted by Crippen LogP contribution is -2.13. The second kappa shape index (κ2) is 6.84. The Bertz CT molecular complexity index is 949. The van der Waals surface area contributed by atoms with Gasteiger partial charge >= 0.3 is 0 Å². The van der Waals surface area contributed by atoms with Gasteiger partial charge in [0.15, 0.2) is 5.69 Å². The smallest absolute Gasteiger partial charge is 0.276 e. The average molecular weight is 398 g/mol. The van der Waals surface area contributed by atoms with Crippen LogP contribution in [0.2, 0.25) is 15.2 Å². The zero-order valence-electron chi connectivity index (χ0n) is 12.5. The third-order valence-electron chi connectivity index (χ3n) is 3.25. The Labute approximate surface area is 157 Å². The minimum atomic E-state index is -0.506. The Morgan fingerprint density at radius 3 is 2.44 bits per heavy atom. The number of nitrogen functional groups attached to an aromatic ring is 1. The third-order valence-corrected chi connectivity index (χ3v) is 4.10. The van der Waals surface area contributed by atoms with Gasteiger partial charge in [0.2, 0.25) is 0 Å². The minimum absolute atomic E-state index is 0.0294. The van der Waals surface area contributed by atoms with Gasteiger partial charge in [0.25, 0.3) is 5.91 Å². The van der Waals surface area contributed by atoms with Crippen molar-refractivity contribution in [2.75, 3.05) is 11.1 Å². The standard InChI is InChI=1S/C16H11Cl3N4O2/c17-11-4-8(20)5-12(18)15(11)23-14(19)7-13(22-23)16(25)21-9-2-1-3-10(24)6-9/h1-7,24H,20H2,(H,21,25). The summed E-state index contributed by atoms with van der Waals surface area (Å²) in [5.74, 6) is -0.476. The average Bonchev–Trinajstić information content (AvgIpc) is 2.88. The maximum Gasteiger partial charge on any atom is 0.276 e. The first kappa shape index (κ1) is 17.4. The second-order valence-electron chi connectivity index (χ2n) is 5.10. The van der Waals surface area contributed by atoms with E-state index in [0.29, 0.717) is 17.1 Å². The Kier molecular flexibility index (Phi) is 4.76. The van der Waals surface area contributed by atoms with Gasteiger partial charge in [-0.25, -0.2) is 4.68 Å². The van der Waals surface area contributed by atoms with Crippen molar-refractivity contribution in [1.82, 2.24) is 9.78 Å². The molecular weight excluding hydrogens is 387 g/mol. The number of phenols is 1. The Hall–Kier alpha value is -2.41. The summed E-state index contributed by atoms with van der Waals surface area (Å²) in [5, 5.41) is 16.8. The summed E-state index contributed by atoms with van der Waals surface area (Å²) >= 11 is 18.5. The van der Waals surface area contributed by atoms with Gasteiger partial charge < -0.3 is 16.2 Å². The molecule has 9 heteroatoms. The van der Waals surface area contributed by atoms with Crippen molar-refractivity contribution in [1.29, 1.82) is 0 Å². The van der Waals surface area contributed by atoms with Crippen molar-refractivity contribution in [3.05, 3.63) is 63.4 Å². The summed E-state index contributed by atoms with van der Waals surface area (Å²) in [7, 11) is 0. The predicted octanol–water partition coefficient (Wildman–Crippen LogP) is 4.37. The molecule has 0 saturated carbocycles. The Morgan fingerprint density at radius 1 is 1.12 bits per heavy atom. The van der Waals surface area contributed by atoms with Gasteiger partial charge in [-0.1, -0.05) is 40.9 Å². The molecule has 3 rings (SSSR count). The SMILES string of the molecule is Nc1cc(Cl)c(-n2nc(C(=O)Nc3cccc(O)c3)cc2Cl)c(Cl)c1. The number of nitrogens with one attached hydrogen (secondary N) is 1. The number of amides is 1. The van der Waals surface area contributed by atoms with Crippen molar-refractivity contribution < 1.29 is 9.90 Å². The highest BCUT2D eigenvalue weighted by Crippen LogP contribution is 2.33. The number of aromatic hydroxyl groups is 1. The van der Waals surface area contributed by atoms with Crippen LogP contribution >= 0.6 is 34.8 Å². The molecule has 3 aromatic rings. The number of nitrogens with zero attached hydrogens (tertiary/aromatic N) is 2. The molecule has 6 nitrogen and oxygen atoms in total. The van der Waals surface area contributed by atoms with Crippen LogP contribution in [0.15, 0.2) is 42.5 Å². The minimum Gasteiger partial charge on any atom is -0.508 e. The number of aromatic nitrogens is 2. The fourth-order valence-electron chi connectivity index (χ4n) is 2.19. The summed E-state index contributed by atoms with van der Waals surface area (Å²) in [6, 6.07) is 10.5. The zero-order valence-corrected chi connectivity index (χ0v) is 14.8. The molecule has 0 saturated heterocycles. The first-order valence-corrected chi connectivity index (χ1v) is 8.09. The van der Waals surface area contributed by atoms with Crippen LogP contribution in [0.3, 0.4) is 0 Å². The number of halogens is 3.